The maximum atomic E-state index is 12.3. The number of rotatable bonds is 63. The van der Waals surface area contributed by atoms with Crippen LogP contribution in [0.15, 0.2) is 12.2 Å². The molecule has 428 valence electrons. The number of aliphatic hydroxyl groups is 1. The summed E-state index contributed by atoms with van der Waals surface area (Å²) in [6.07, 6.45) is 81.0. The molecule has 0 rings (SSSR count). The largest absolute Gasteiger partial charge is 0.462 e. The SMILES string of the molecule is CCCCCCCCCC/C=C\CCCCCCCCCCCCCC(=O)OC(CO)COC(=O)CCCCCCCCCCCCCCCCCCCCCCCCCCCCCCCCCCCCC. The summed E-state index contributed by atoms with van der Waals surface area (Å²) in [5.41, 5.74) is 0. The van der Waals surface area contributed by atoms with Crippen LogP contribution >= 0.6 is 0 Å². The first-order valence-corrected chi connectivity index (χ1v) is 33.2. The van der Waals surface area contributed by atoms with E-state index in [1.165, 1.54) is 327 Å². The van der Waals surface area contributed by atoms with Crippen molar-refractivity contribution in [2.24, 2.45) is 0 Å². The average Bonchev–Trinajstić information content (AvgIpc) is 3.38. The van der Waals surface area contributed by atoms with Gasteiger partial charge < -0.3 is 14.6 Å². The minimum absolute atomic E-state index is 0.0583. The Labute approximate surface area is 451 Å². The van der Waals surface area contributed by atoms with Gasteiger partial charge in [-0.05, 0) is 38.5 Å². The van der Waals surface area contributed by atoms with E-state index in [0.717, 1.165) is 32.1 Å². The Hall–Kier alpha value is -1.36. The Balaban J connectivity index is 3.36. The molecule has 0 saturated heterocycles. The quantitative estimate of drug-likeness (QED) is 0.0373. The second-order valence-electron chi connectivity index (χ2n) is 22.9. The summed E-state index contributed by atoms with van der Waals surface area (Å²) in [6, 6.07) is 0. The zero-order valence-corrected chi connectivity index (χ0v) is 49.2. The Kier molecular flexibility index (Phi) is 62.7. The minimum Gasteiger partial charge on any atom is -0.462 e. The first-order chi connectivity index (χ1) is 35.6. The van der Waals surface area contributed by atoms with Gasteiger partial charge in [-0.2, -0.15) is 0 Å². The summed E-state index contributed by atoms with van der Waals surface area (Å²) >= 11 is 0. The van der Waals surface area contributed by atoms with E-state index in [1.54, 1.807) is 0 Å². The zero-order chi connectivity index (χ0) is 52.0. The molecule has 0 aliphatic rings. The molecule has 0 aromatic heterocycles. The van der Waals surface area contributed by atoms with Crippen molar-refractivity contribution in [2.45, 2.75) is 392 Å². The summed E-state index contributed by atoms with van der Waals surface area (Å²) in [5, 5.41) is 9.68. The molecule has 0 radical (unpaired) electrons. The molecule has 0 aromatic carbocycles. The Morgan fingerprint density at radius 1 is 0.306 bits per heavy atom. The summed E-state index contributed by atoms with van der Waals surface area (Å²) in [5.74, 6) is -0.566. The number of carbonyl (C=O) groups is 2. The van der Waals surface area contributed by atoms with Crippen LogP contribution in [-0.4, -0.2) is 36.4 Å². The van der Waals surface area contributed by atoms with E-state index < -0.39 is 6.10 Å². The van der Waals surface area contributed by atoms with Gasteiger partial charge in [-0.25, -0.2) is 0 Å². The second-order valence-corrected chi connectivity index (χ2v) is 22.9. The Morgan fingerprint density at radius 2 is 0.514 bits per heavy atom. The van der Waals surface area contributed by atoms with Crippen LogP contribution in [0.25, 0.3) is 0 Å². The van der Waals surface area contributed by atoms with E-state index in [2.05, 4.69) is 26.0 Å². The molecule has 0 spiro atoms. The highest BCUT2D eigenvalue weighted by Crippen LogP contribution is 2.19. The van der Waals surface area contributed by atoms with Gasteiger partial charge in [0.15, 0.2) is 6.10 Å². The molecule has 1 atom stereocenters. The van der Waals surface area contributed by atoms with Gasteiger partial charge in [0.25, 0.3) is 0 Å². The second kappa shape index (κ2) is 63.9. The lowest BCUT2D eigenvalue weighted by atomic mass is 10.0. The smallest absolute Gasteiger partial charge is 0.306 e. The van der Waals surface area contributed by atoms with Crippen LogP contribution in [0.2, 0.25) is 0 Å². The fraction of sp³-hybridized carbons (Fsp3) is 0.940. The van der Waals surface area contributed by atoms with Crippen molar-refractivity contribution < 1.29 is 24.2 Å². The monoisotopic (exact) mass is 1010 g/mol. The Morgan fingerprint density at radius 3 is 0.750 bits per heavy atom. The van der Waals surface area contributed by atoms with Crippen LogP contribution in [-0.2, 0) is 19.1 Å². The Bertz CT molecular complexity index is 1060. The minimum atomic E-state index is -0.768. The van der Waals surface area contributed by atoms with Crippen molar-refractivity contribution in [2.75, 3.05) is 13.2 Å². The molecule has 0 saturated carbocycles. The lowest BCUT2D eigenvalue weighted by Crippen LogP contribution is -2.28. The molecular weight excluding hydrogens is 885 g/mol. The van der Waals surface area contributed by atoms with Crippen LogP contribution in [0.1, 0.15) is 386 Å². The third-order valence-corrected chi connectivity index (χ3v) is 15.6. The molecule has 0 bridgehead atoms. The number of hydrogen-bond donors (Lipinski definition) is 1. The van der Waals surface area contributed by atoms with E-state index in [9.17, 15) is 14.7 Å². The number of allylic oxidation sites excluding steroid dienone is 2. The first kappa shape index (κ1) is 70.6. The lowest BCUT2D eigenvalue weighted by molar-refractivity contribution is -0.161. The summed E-state index contributed by atoms with van der Waals surface area (Å²) in [4.78, 5) is 24.6. The van der Waals surface area contributed by atoms with E-state index in [4.69, 9.17) is 9.47 Å². The third-order valence-electron chi connectivity index (χ3n) is 15.6. The maximum Gasteiger partial charge on any atom is 0.306 e. The fourth-order valence-corrected chi connectivity index (χ4v) is 10.6. The van der Waals surface area contributed by atoms with E-state index in [0.29, 0.717) is 12.8 Å². The average molecular weight is 1020 g/mol. The van der Waals surface area contributed by atoms with Crippen molar-refractivity contribution in [3.8, 4) is 0 Å². The highest BCUT2D eigenvalue weighted by molar-refractivity contribution is 5.70. The van der Waals surface area contributed by atoms with E-state index >= 15 is 0 Å². The van der Waals surface area contributed by atoms with Gasteiger partial charge in [-0.15, -0.1) is 0 Å². The van der Waals surface area contributed by atoms with Crippen LogP contribution in [0, 0.1) is 0 Å². The highest BCUT2D eigenvalue weighted by Gasteiger charge is 2.16. The number of carbonyl (C=O) groups excluding carboxylic acids is 2. The van der Waals surface area contributed by atoms with Crippen LogP contribution in [0.4, 0.5) is 0 Å². The van der Waals surface area contributed by atoms with Gasteiger partial charge in [0, 0.05) is 12.8 Å². The van der Waals surface area contributed by atoms with Crippen LogP contribution in [0.5, 0.6) is 0 Å². The molecule has 0 aromatic rings. The van der Waals surface area contributed by atoms with Gasteiger partial charge >= 0.3 is 11.9 Å². The number of esters is 2. The molecule has 5 heteroatoms. The highest BCUT2D eigenvalue weighted by atomic mass is 16.6. The molecule has 0 amide bonds. The molecule has 0 aliphatic carbocycles. The molecule has 0 fully saturated rings. The van der Waals surface area contributed by atoms with Crippen molar-refractivity contribution >= 4 is 11.9 Å². The van der Waals surface area contributed by atoms with Crippen molar-refractivity contribution in [1.29, 1.82) is 0 Å². The van der Waals surface area contributed by atoms with E-state index in [-0.39, 0.29) is 25.2 Å². The molecular formula is C67H130O5. The normalized spacial score (nSPS) is 12.1. The number of aliphatic hydroxyl groups excluding tert-OH is 1. The zero-order valence-electron chi connectivity index (χ0n) is 49.2. The van der Waals surface area contributed by atoms with E-state index in [1.807, 2.05) is 0 Å². The van der Waals surface area contributed by atoms with Gasteiger partial charge in [-0.1, -0.05) is 347 Å². The summed E-state index contributed by atoms with van der Waals surface area (Å²) in [7, 11) is 0. The summed E-state index contributed by atoms with van der Waals surface area (Å²) in [6.45, 7) is 4.21. The maximum absolute atomic E-state index is 12.3. The fourth-order valence-electron chi connectivity index (χ4n) is 10.6. The lowest BCUT2D eigenvalue weighted by Gasteiger charge is -2.15. The van der Waals surface area contributed by atoms with Gasteiger partial charge in [-0.3, -0.25) is 9.59 Å². The predicted molar refractivity (Wildman–Crippen MR) is 316 cm³/mol. The number of hydrogen-bond acceptors (Lipinski definition) is 5. The predicted octanol–water partition coefficient (Wildman–Crippen LogP) is 22.7. The van der Waals surface area contributed by atoms with Crippen LogP contribution in [0.3, 0.4) is 0 Å². The van der Waals surface area contributed by atoms with Crippen molar-refractivity contribution in [1.82, 2.24) is 0 Å². The number of ether oxygens (including phenoxy) is 2. The summed E-state index contributed by atoms with van der Waals surface area (Å²) < 4.78 is 10.7. The van der Waals surface area contributed by atoms with Gasteiger partial charge in [0.05, 0.1) is 6.61 Å². The molecule has 5 nitrogen and oxygen atoms in total. The van der Waals surface area contributed by atoms with Crippen LogP contribution < -0.4 is 0 Å². The topological polar surface area (TPSA) is 72.8 Å². The van der Waals surface area contributed by atoms with Gasteiger partial charge in [0.1, 0.15) is 6.61 Å². The molecule has 0 aliphatic heterocycles. The standard InChI is InChI=1S/C67H130O5/c1-3-5-7-9-11-13-15-17-19-21-23-25-27-28-29-30-31-32-33-34-35-36-37-38-40-41-43-45-47-49-51-53-55-57-59-61-66(69)71-64-65(63-68)72-67(70)62-60-58-56-54-52-50-48-46-44-42-39-26-24-22-20-18-16-14-12-10-8-6-4-2/h22,24,65,68H,3-21,23,25-64H2,1-2H3/b24-22-. The first-order valence-electron chi connectivity index (χ1n) is 33.2. The molecule has 1 N–H and O–H groups in total. The molecule has 1 unspecified atom stereocenters. The third kappa shape index (κ3) is 61.2. The molecule has 0 heterocycles. The number of unbranched alkanes of at least 4 members (excludes halogenated alkanes) is 53. The van der Waals surface area contributed by atoms with Gasteiger partial charge in [0.2, 0.25) is 0 Å². The van der Waals surface area contributed by atoms with Crippen molar-refractivity contribution in [3.05, 3.63) is 12.2 Å². The molecule has 72 heavy (non-hydrogen) atoms. The van der Waals surface area contributed by atoms with Crippen molar-refractivity contribution in [3.63, 3.8) is 0 Å².